The molecule has 0 fully saturated rings. The lowest BCUT2D eigenvalue weighted by molar-refractivity contribution is -0.140. The van der Waals surface area contributed by atoms with Gasteiger partial charge in [0.1, 0.15) is 0 Å². The predicted octanol–water partition coefficient (Wildman–Crippen LogP) is 6.41. The quantitative estimate of drug-likeness (QED) is 0.223. The second kappa shape index (κ2) is 6.81. The number of hydrogen-bond acceptors (Lipinski definition) is 3. The number of oxime groups is 1. The van der Waals surface area contributed by atoms with Crippen molar-refractivity contribution in [2.24, 2.45) is 5.16 Å². The number of carbonyl (C=O) groups is 1. The van der Waals surface area contributed by atoms with Gasteiger partial charge in [-0.05, 0) is 65.9 Å². The first-order chi connectivity index (χ1) is 14.8. The minimum absolute atomic E-state index is 0.0366. The Morgan fingerprint density at radius 1 is 0.935 bits per heavy atom. The normalized spacial score (nSPS) is 14.7. The third kappa shape index (κ3) is 2.82. The SMILES string of the molecule is CCn1c2ccc(/C(C)=N/OC(C)=O)cc2c2cc3c(cc21)-c1ccccc1C3(C)C. The largest absolute Gasteiger partial charge is 0.341 e. The van der Waals surface area contributed by atoms with E-state index >= 15 is 0 Å². The van der Waals surface area contributed by atoms with Crippen molar-refractivity contribution in [1.29, 1.82) is 0 Å². The first kappa shape index (κ1) is 19.6. The highest BCUT2D eigenvalue weighted by atomic mass is 16.7. The molecule has 5 rings (SSSR count). The van der Waals surface area contributed by atoms with Crippen LogP contribution in [-0.2, 0) is 21.6 Å². The molecule has 0 saturated carbocycles. The van der Waals surface area contributed by atoms with Crippen molar-refractivity contribution in [3.05, 3.63) is 71.3 Å². The Balaban J connectivity index is 1.79. The van der Waals surface area contributed by atoms with Gasteiger partial charge in [0.05, 0.1) is 5.71 Å². The van der Waals surface area contributed by atoms with Gasteiger partial charge in [-0.15, -0.1) is 0 Å². The molecule has 156 valence electrons. The molecule has 1 aliphatic rings. The van der Waals surface area contributed by atoms with Crippen LogP contribution in [0.3, 0.4) is 0 Å². The summed E-state index contributed by atoms with van der Waals surface area (Å²) in [4.78, 5) is 16.0. The van der Waals surface area contributed by atoms with Gasteiger partial charge >= 0.3 is 5.97 Å². The summed E-state index contributed by atoms with van der Waals surface area (Å²) < 4.78 is 2.38. The Morgan fingerprint density at radius 3 is 2.42 bits per heavy atom. The fraction of sp³-hybridized carbons (Fsp3) is 0.259. The average molecular weight is 411 g/mol. The molecule has 0 unspecified atom stereocenters. The Hall–Kier alpha value is -3.40. The second-order valence-corrected chi connectivity index (χ2v) is 8.82. The van der Waals surface area contributed by atoms with Crippen LogP contribution in [0.2, 0.25) is 0 Å². The van der Waals surface area contributed by atoms with Crippen molar-refractivity contribution in [3.63, 3.8) is 0 Å². The van der Waals surface area contributed by atoms with E-state index in [0.717, 1.165) is 12.1 Å². The number of hydrogen-bond donors (Lipinski definition) is 0. The standard InChI is InChI=1S/C27H26N2O2/c1-6-29-25-12-11-18(16(2)28-31-17(3)30)13-21(25)22-14-24-20(15-26(22)29)19-9-7-8-10-23(19)27(24,4)5/h7-15H,6H2,1-5H3/b28-16+. The van der Waals surface area contributed by atoms with Crippen LogP contribution in [0.5, 0.6) is 0 Å². The molecule has 0 atom stereocenters. The molecule has 0 N–H and O–H groups in total. The van der Waals surface area contributed by atoms with Crippen LogP contribution < -0.4 is 0 Å². The van der Waals surface area contributed by atoms with Gasteiger partial charge in [0.25, 0.3) is 0 Å². The first-order valence-corrected chi connectivity index (χ1v) is 10.8. The maximum Gasteiger partial charge on any atom is 0.331 e. The van der Waals surface area contributed by atoms with E-state index in [9.17, 15) is 4.79 Å². The lowest BCUT2D eigenvalue weighted by Gasteiger charge is -2.21. The Kier molecular flexibility index (Phi) is 4.30. The van der Waals surface area contributed by atoms with Gasteiger partial charge in [0.15, 0.2) is 0 Å². The highest BCUT2D eigenvalue weighted by Crippen LogP contribution is 2.50. The van der Waals surface area contributed by atoms with Gasteiger partial charge in [0.2, 0.25) is 0 Å². The molecule has 0 bridgehead atoms. The summed E-state index contributed by atoms with van der Waals surface area (Å²) in [6.07, 6.45) is 0. The topological polar surface area (TPSA) is 43.6 Å². The summed E-state index contributed by atoms with van der Waals surface area (Å²) in [6.45, 7) is 10.9. The lowest BCUT2D eigenvalue weighted by atomic mass is 9.82. The van der Waals surface area contributed by atoms with Crippen LogP contribution in [0.1, 0.15) is 51.3 Å². The van der Waals surface area contributed by atoms with Crippen molar-refractivity contribution in [1.82, 2.24) is 4.57 Å². The first-order valence-electron chi connectivity index (χ1n) is 10.8. The highest BCUT2D eigenvalue weighted by Gasteiger charge is 2.35. The Bertz CT molecular complexity index is 1410. The molecule has 0 spiro atoms. The minimum Gasteiger partial charge on any atom is -0.341 e. The molecule has 1 heterocycles. The van der Waals surface area contributed by atoms with Crippen molar-refractivity contribution >= 4 is 33.5 Å². The van der Waals surface area contributed by atoms with E-state index in [1.54, 1.807) is 0 Å². The fourth-order valence-corrected chi connectivity index (χ4v) is 5.04. The van der Waals surface area contributed by atoms with Crippen LogP contribution in [0.25, 0.3) is 32.9 Å². The predicted molar refractivity (Wildman–Crippen MR) is 127 cm³/mol. The molecule has 4 nitrogen and oxygen atoms in total. The number of aromatic nitrogens is 1. The summed E-state index contributed by atoms with van der Waals surface area (Å²) in [5.41, 5.74) is 9.47. The summed E-state index contributed by atoms with van der Waals surface area (Å²) >= 11 is 0. The minimum atomic E-state index is -0.416. The zero-order valence-corrected chi connectivity index (χ0v) is 18.6. The molecule has 3 aromatic carbocycles. The average Bonchev–Trinajstić information content (AvgIpc) is 3.19. The Labute approximate surface area is 182 Å². The molecule has 1 aliphatic carbocycles. The van der Waals surface area contributed by atoms with Crippen molar-refractivity contribution in [2.45, 2.75) is 46.6 Å². The highest BCUT2D eigenvalue weighted by molar-refractivity contribution is 6.13. The number of carbonyl (C=O) groups excluding carboxylic acids is 1. The summed E-state index contributed by atoms with van der Waals surface area (Å²) in [5, 5.41) is 6.42. The number of fused-ring (bicyclic) bond motifs is 6. The molecule has 4 aromatic rings. The van der Waals surface area contributed by atoms with E-state index in [-0.39, 0.29) is 5.41 Å². The van der Waals surface area contributed by atoms with E-state index in [1.807, 2.05) is 13.0 Å². The monoisotopic (exact) mass is 410 g/mol. The van der Waals surface area contributed by atoms with Crippen LogP contribution in [0.4, 0.5) is 0 Å². The molecule has 0 amide bonds. The number of rotatable bonds is 3. The summed E-state index contributed by atoms with van der Waals surface area (Å²) in [7, 11) is 0. The maximum atomic E-state index is 11.1. The van der Waals surface area contributed by atoms with E-state index in [0.29, 0.717) is 5.71 Å². The number of aryl methyl sites for hydroxylation is 1. The van der Waals surface area contributed by atoms with Crippen LogP contribution in [-0.4, -0.2) is 16.2 Å². The summed E-state index contributed by atoms with van der Waals surface area (Å²) in [6, 6.07) is 19.8. The summed E-state index contributed by atoms with van der Waals surface area (Å²) in [5.74, 6) is -0.416. The van der Waals surface area contributed by atoms with Gasteiger partial charge in [0, 0.05) is 40.7 Å². The van der Waals surface area contributed by atoms with E-state index in [1.165, 1.54) is 51.0 Å². The number of nitrogens with zero attached hydrogens (tertiary/aromatic N) is 2. The van der Waals surface area contributed by atoms with Crippen molar-refractivity contribution in [3.8, 4) is 11.1 Å². The zero-order valence-electron chi connectivity index (χ0n) is 18.6. The van der Waals surface area contributed by atoms with Crippen LogP contribution in [0, 0.1) is 0 Å². The van der Waals surface area contributed by atoms with E-state index in [4.69, 9.17) is 4.84 Å². The van der Waals surface area contributed by atoms with E-state index in [2.05, 4.69) is 79.0 Å². The molecule has 1 aromatic heterocycles. The molecular weight excluding hydrogens is 384 g/mol. The Morgan fingerprint density at radius 2 is 1.68 bits per heavy atom. The molecule has 4 heteroatoms. The fourth-order valence-electron chi connectivity index (χ4n) is 5.04. The van der Waals surface area contributed by atoms with E-state index < -0.39 is 5.97 Å². The number of benzene rings is 3. The third-order valence-corrected chi connectivity index (χ3v) is 6.61. The van der Waals surface area contributed by atoms with Gasteiger partial charge in [-0.1, -0.05) is 49.3 Å². The van der Waals surface area contributed by atoms with Crippen LogP contribution in [0.15, 0.2) is 59.8 Å². The van der Waals surface area contributed by atoms with Gasteiger partial charge in [-0.25, -0.2) is 4.79 Å². The lowest BCUT2D eigenvalue weighted by Crippen LogP contribution is -2.14. The van der Waals surface area contributed by atoms with Crippen molar-refractivity contribution in [2.75, 3.05) is 0 Å². The van der Waals surface area contributed by atoms with Gasteiger partial charge in [-0.2, -0.15) is 0 Å². The molecular formula is C27H26N2O2. The molecule has 0 aliphatic heterocycles. The molecule has 0 radical (unpaired) electrons. The van der Waals surface area contributed by atoms with Gasteiger partial charge < -0.3 is 9.40 Å². The zero-order chi connectivity index (χ0) is 21.9. The maximum absolute atomic E-state index is 11.1. The van der Waals surface area contributed by atoms with Crippen molar-refractivity contribution < 1.29 is 9.63 Å². The van der Waals surface area contributed by atoms with Gasteiger partial charge in [-0.3, -0.25) is 0 Å². The second-order valence-electron chi connectivity index (χ2n) is 8.82. The van der Waals surface area contributed by atoms with Crippen LogP contribution >= 0.6 is 0 Å². The molecule has 0 saturated heterocycles. The smallest absolute Gasteiger partial charge is 0.331 e. The third-order valence-electron chi connectivity index (χ3n) is 6.61. The molecule has 31 heavy (non-hydrogen) atoms.